The Kier molecular flexibility index (Phi) is 0.704. The van der Waals surface area contributed by atoms with Crippen LogP contribution in [0.25, 0.3) is 0 Å². The van der Waals surface area contributed by atoms with E-state index in [-0.39, 0.29) is 0 Å². The summed E-state index contributed by atoms with van der Waals surface area (Å²) in [5.41, 5.74) is 0. The van der Waals surface area contributed by atoms with Crippen molar-refractivity contribution in [3.05, 3.63) is 24.0 Å². The van der Waals surface area contributed by atoms with Gasteiger partial charge in [-0.15, -0.1) is 0 Å². The monoisotopic (exact) mass is 109 g/mol. The summed E-state index contributed by atoms with van der Waals surface area (Å²) < 4.78 is 5.16. The van der Waals surface area contributed by atoms with Gasteiger partial charge in [-0.05, 0) is 6.08 Å². The number of rotatable bonds is 0. The lowest BCUT2D eigenvalue weighted by Crippen LogP contribution is -2.17. The number of hydrogen-bond acceptors (Lipinski definition) is 2. The summed E-state index contributed by atoms with van der Waals surface area (Å²) in [6, 6.07) is 0.384. The van der Waals surface area contributed by atoms with Gasteiger partial charge in [0, 0.05) is 0 Å². The molecule has 2 aliphatic rings. The summed E-state index contributed by atoms with van der Waals surface area (Å²) in [5.74, 6) is 1.06. The van der Waals surface area contributed by atoms with Crippen molar-refractivity contribution < 1.29 is 4.74 Å². The van der Waals surface area contributed by atoms with E-state index in [0.717, 1.165) is 5.76 Å². The van der Waals surface area contributed by atoms with Crippen LogP contribution in [0.3, 0.4) is 0 Å². The first-order valence-corrected chi connectivity index (χ1v) is 2.71. The van der Waals surface area contributed by atoms with Crippen LogP contribution >= 0.6 is 0 Å². The molecule has 0 saturated carbocycles. The minimum absolute atomic E-state index is 0.384. The van der Waals surface area contributed by atoms with E-state index in [1.165, 1.54) is 0 Å². The standard InChI is InChI=1S/C6H7NO/c1-2-5-6(3-1)8-4-7-5/h1-3,5,7H,4H2. The molecule has 2 rings (SSSR count). The van der Waals surface area contributed by atoms with Crippen LogP contribution in [-0.4, -0.2) is 12.8 Å². The Bertz CT molecular complexity index is 160. The van der Waals surface area contributed by atoms with Crippen LogP contribution in [0.15, 0.2) is 24.0 Å². The van der Waals surface area contributed by atoms with E-state index in [1.807, 2.05) is 12.2 Å². The van der Waals surface area contributed by atoms with Gasteiger partial charge in [0.25, 0.3) is 0 Å². The Morgan fingerprint density at radius 3 is 3.62 bits per heavy atom. The zero-order valence-electron chi connectivity index (χ0n) is 4.42. The van der Waals surface area contributed by atoms with Crippen LogP contribution in [0.5, 0.6) is 0 Å². The van der Waals surface area contributed by atoms with Crippen LogP contribution in [0.4, 0.5) is 0 Å². The van der Waals surface area contributed by atoms with Gasteiger partial charge in [0.15, 0.2) is 0 Å². The van der Waals surface area contributed by atoms with E-state index in [4.69, 9.17) is 4.74 Å². The van der Waals surface area contributed by atoms with Crippen molar-refractivity contribution in [2.45, 2.75) is 6.04 Å². The second-order valence-electron chi connectivity index (χ2n) is 1.92. The topological polar surface area (TPSA) is 21.3 Å². The molecule has 0 radical (unpaired) electrons. The molecule has 42 valence electrons. The Morgan fingerprint density at radius 1 is 1.75 bits per heavy atom. The van der Waals surface area contributed by atoms with Gasteiger partial charge >= 0.3 is 0 Å². The van der Waals surface area contributed by atoms with E-state index < -0.39 is 0 Å². The maximum Gasteiger partial charge on any atom is 0.140 e. The van der Waals surface area contributed by atoms with Crippen molar-refractivity contribution >= 4 is 0 Å². The molecule has 0 aromatic rings. The Labute approximate surface area is 47.8 Å². The molecule has 1 N–H and O–H groups in total. The quantitative estimate of drug-likeness (QED) is 0.485. The fraction of sp³-hybridized carbons (Fsp3) is 0.333. The van der Waals surface area contributed by atoms with Crippen LogP contribution < -0.4 is 5.32 Å². The molecule has 0 spiro atoms. The fourth-order valence-corrected chi connectivity index (χ4v) is 0.981. The Hall–Kier alpha value is -0.760. The third-order valence-electron chi connectivity index (χ3n) is 1.41. The molecule has 2 heteroatoms. The van der Waals surface area contributed by atoms with Crippen molar-refractivity contribution in [3.63, 3.8) is 0 Å². The molecule has 0 aromatic carbocycles. The molecule has 0 amide bonds. The normalized spacial score (nSPS) is 32.0. The van der Waals surface area contributed by atoms with E-state index in [2.05, 4.69) is 11.4 Å². The molecule has 1 atom stereocenters. The smallest absolute Gasteiger partial charge is 0.140 e. The first kappa shape index (κ1) is 4.15. The van der Waals surface area contributed by atoms with Gasteiger partial charge in [-0.1, -0.05) is 12.2 Å². The summed E-state index contributed by atoms with van der Waals surface area (Å²) in [7, 11) is 0. The van der Waals surface area contributed by atoms with Crippen LogP contribution in [-0.2, 0) is 4.74 Å². The minimum atomic E-state index is 0.384. The summed E-state index contributed by atoms with van der Waals surface area (Å²) in [5, 5.41) is 3.14. The highest BCUT2D eigenvalue weighted by molar-refractivity contribution is 5.28. The average molecular weight is 109 g/mol. The van der Waals surface area contributed by atoms with Gasteiger partial charge in [-0.3, -0.25) is 5.32 Å². The highest BCUT2D eigenvalue weighted by Gasteiger charge is 2.20. The first-order valence-electron chi connectivity index (χ1n) is 2.71. The van der Waals surface area contributed by atoms with Gasteiger partial charge in [-0.25, -0.2) is 0 Å². The van der Waals surface area contributed by atoms with Crippen molar-refractivity contribution in [1.82, 2.24) is 5.32 Å². The van der Waals surface area contributed by atoms with Crippen molar-refractivity contribution in [1.29, 1.82) is 0 Å². The van der Waals surface area contributed by atoms with Crippen LogP contribution in [0.2, 0.25) is 0 Å². The number of allylic oxidation sites excluding steroid dienone is 2. The van der Waals surface area contributed by atoms with Crippen LogP contribution in [0.1, 0.15) is 0 Å². The third kappa shape index (κ3) is 0.406. The molecule has 1 heterocycles. The summed E-state index contributed by atoms with van der Waals surface area (Å²) >= 11 is 0. The van der Waals surface area contributed by atoms with Gasteiger partial charge < -0.3 is 4.74 Å². The van der Waals surface area contributed by atoms with Crippen molar-refractivity contribution in [3.8, 4) is 0 Å². The summed E-state index contributed by atoms with van der Waals surface area (Å²) in [4.78, 5) is 0. The predicted octanol–water partition coefficient (Wildman–Crippen LogP) is 0.386. The second-order valence-corrected chi connectivity index (χ2v) is 1.92. The summed E-state index contributed by atoms with van der Waals surface area (Å²) in [6.07, 6.45) is 6.08. The average Bonchev–Trinajstić information content (AvgIpc) is 2.15. The van der Waals surface area contributed by atoms with Gasteiger partial charge in [0.2, 0.25) is 0 Å². The highest BCUT2D eigenvalue weighted by Crippen LogP contribution is 2.16. The zero-order chi connectivity index (χ0) is 5.40. The molecule has 8 heavy (non-hydrogen) atoms. The number of hydrogen-bond donors (Lipinski definition) is 1. The van der Waals surface area contributed by atoms with Crippen molar-refractivity contribution in [2.24, 2.45) is 0 Å². The van der Waals surface area contributed by atoms with E-state index in [0.29, 0.717) is 12.8 Å². The number of nitrogens with one attached hydrogen (secondary N) is 1. The van der Waals surface area contributed by atoms with Crippen LogP contribution in [0, 0.1) is 0 Å². The molecule has 1 aliphatic heterocycles. The third-order valence-corrected chi connectivity index (χ3v) is 1.41. The van der Waals surface area contributed by atoms with E-state index in [9.17, 15) is 0 Å². The number of fused-ring (bicyclic) bond motifs is 1. The molecule has 2 nitrogen and oxygen atoms in total. The molecule has 0 aromatic heterocycles. The lowest BCUT2D eigenvalue weighted by atomic mass is 10.3. The molecule has 1 fully saturated rings. The molecular formula is C6H7NO. The highest BCUT2D eigenvalue weighted by atomic mass is 16.5. The largest absolute Gasteiger partial charge is 0.481 e. The molecule has 1 saturated heterocycles. The Morgan fingerprint density at radius 2 is 2.75 bits per heavy atom. The van der Waals surface area contributed by atoms with Gasteiger partial charge in [-0.2, -0.15) is 0 Å². The Balaban J connectivity index is 2.29. The molecular weight excluding hydrogens is 102 g/mol. The van der Waals surface area contributed by atoms with Crippen molar-refractivity contribution in [2.75, 3.05) is 6.73 Å². The first-order chi connectivity index (χ1) is 3.97. The van der Waals surface area contributed by atoms with Gasteiger partial charge in [0.1, 0.15) is 12.5 Å². The zero-order valence-corrected chi connectivity index (χ0v) is 4.42. The summed E-state index contributed by atoms with van der Waals surface area (Å²) in [6.45, 7) is 0.668. The molecule has 0 bridgehead atoms. The maximum atomic E-state index is 5.16. The lowest BCUT2D eigenvalue weighted by molar-refractivity contribution is 0.254. The molecule has 1 unspecified atom stereocenters. The van der Waals surface area contributed by atoms with E-state index in [1.54, 1.807) is 0 Å². The second kappa shape index (κ2) is 1.36. The SMILES string of the molecule is C1=CC2NCOC2=C1. The lowest BCUT2D eigenvalue weighted by Gasteiger charge is -1.94. The molecule has 1 aliphatic carbocycles. The maximum absolute atomic E-state index is 5.16. The number of ether oxygens (including phenoxy) is 1. The fourth-order valence-electron chi connectivity index (χ4n) is 0.981. The van der Waals surface area contributed by atoms with E-state index >= 15 is 0 Å². The minimum Gasteiger partial charge on any atom is -0.481 e. The predicted molar refractivity (Wildman–Crippen MR) is 30.1 cm³/mol. The van der Waals surface area contributed by atoms with Gasteiger partial charge in [0.05, 0.1) is 6.04 Å².